The third kappa shape index (κ3) is 2.19. The predicted molar refractivity (Wildman–Crippen MR) is 34.3 cm³/mol. The second-order valence-corrected chi connectivity index (χ2v) is 2.95. The van der Waals surface area contributed by atoms with Crippen LogP contribution in [0.4, 0.5) is 0 Å². The van der Waals surface area contributed by atoms with E-state index in [1.54, 1.807) is 0 Å². The smallest absolute Gasteiger partial charge is 0.0227 e. The van der Waals surface area contributed by atoms with Crippen LogP contribution in [0.2, 0.25) is 0 Å². The van der Waals surface area contributed by atoms with Crippen LogP contribution >= 0.6 is 11.9 Å². The van der Waals surface area contributed by atoms with E-state index < -0.39 is 0 Å². The summed E-state index contributed by atoms with van der Waals surface area (Å²) < 4.78 is 2.38. The van der Waals surface area contributed by atoms with Gasteiger partial charge < -0.3 is 0 Å². The molecule has 0 bridgehead atoms. The molecule has 0 aromatic heterocycles. The van der Waals surface area contributed by atoms with Gasteiger partial charge in [0.15, 0.2) is 0 Å². The Morgan fingerprint density at radius 3 is 2.71 bits per heavy atom. The van der Waals surface area contributed by atoms with Gasteiger partial charge in [-0.25, -0.2) is 4.31 Å². The summed E-state index contributed by atoms with van der Waals surface area (Å²) in [6.45, 7) is 4.87. The fraction of sp³-hybridized carbons (Fsp3) is 1.00. The molecule has 0 aromatic carbocycles. The van der Waals surface area contributed by atoms with Crippen LogP contribution in [0.5, 0.6) is 0 Å². The monoisotopic (exact) mass is 117 g/mol. The van der Waals surface area contributed by atoms with Gasteiger partial charge in [-0.15, -0.1) is 0 Å². The quantitative estimate of drug-likeness (QED) is 0.405. The van der Waals surface area contributed by atoms with Crippen LogP contribution in [0.1, 0.15) is 13.3 Å². The molecule has 0 spiro atoms. The first-order chi connectivity index (χ1) is 3.43. The number of hydrogen-bond donors (Lipinski definition) is 0. The summed E-state index contributed by atoms with van der Waals surface area (Å²) in [5, 5.41) is 0. The van der Waals surface area contributed by atoms with E-state index in [9.17, 15) is 0 Å². The first-order valence-electron chi connectivity index (χ1n) is 2.81. The molecule has 1 nitrogen and oxygen atoms in total. The Morgan fingerprint density at radius 1 is 1.57 bits per heavy atom. The SMILES string of the molecule is CCCSN1CC1. The zero-order valence-corrected chi connectivity index (χ0v) is 5.50. The summed E-state index contributed by atoms with van der Waals surface area (Å²) in [5.74, 6) is 1.31. The van der Waals surface area contributed by atoms with Crippen LogP contribution in [0.25, 0.3) is 0 Å². The summed E-state index contributed by atoms with van der Waals surface area (Å²) >= 11 is 1.98. The molecular formula is C5H11NS. The zero-order valence-electron chi connectivity index (χ0n) is 4.68. The van der Waals surface area contributed by atoms with Crippen molar-refractivity contribution in [3.05, 3.63) is 0 Å². The van der Waals surface area contributed by atoms with E-state index in [-0.39, 0.29) is 0 Å². The minimum absolute atomic E-state index is 1.31. The van der Waals surface area contributed by atoms with Crippen molar-refractivity contribution in [3.8, 4) is 0 Å². The lowest BCUT2D eigenvalue weighted by molar-refractivity contribution is 0.939. The van der Waals surface area contributed by atoms with Gasteiger partial charge in [0.05, 0.1) is 0 Å². The third-order valence-electron chi connectivity index (χ3n) is 0.884. The Hall–Kier alpha value is 0.310. The van der Waals surface area contributed by atoms with Gasteiger partial charge in [-0.1, -0.05) is 18.9 Å². The van der Waals surface area contributed by atoms with Crippen LogP contribution in [0.3, 0.4) is 0 Å². The molecule has 0 aromatic rings. The molecule has 7 heavy (non-hydrogen) atoms. The van der Waals surface area contributed by atoms with Crippen molar-refractivity contribution in [2.75, 3.05) is 18.8 Å². The maximum atomic E-state index is 2.38. The molecule has 1 aliphatic heterocycles. The molecular weight excluding hydrogens is 106 g/mol. The van der Waals surface area contributed by atoms with E-state index in [0.29, 0.717) is 0 Å². The van der Waals surface area contributed by atoms with Crippen molar-refractivity contribution in [1.29, 1.82) is 0 Å². The molecule has 0 saturated carbocycles. The van der Waals surface area contributed by atoms with E-state index in [0.717, 1.165) is 0 Å². The highest BCUT2D eigenvalue weighted by molar-refractivity contribution is 7.97. The van der Waals surface area contributed by atoms with E-state index in [1.807, 2.05) is 11.9 Å². The Labute approximate surface area is 49.2 Å². The first kappa shape index (κ1) is 5.45. The van der Waals surface area contributed by atoms with E-state index in [2.05, 4.69) is 11.2 Å². The van der Waals surface area contributed by atoms with Crippen molar-refractivity contribution >= 4 is 11.9 Å². The van der Waals surface area contributed by atoms with Crippen LogP contribution in [0.15, 0.2) is 0 Å². The molecule has 1 heterocycles. The second-order valence-electron chi connectivity index (χ2n) is 1.76. The molecule has 0 atom stereocenters. The number of hydrogen-bond acceptors (Lipinski definition) is 2. The van der Waals surface area contributed by atoms with Gasteiger partial charge in [-0.2, -0.15) is 0 Å². The molecule has 1 saturated heterocycles. The fourth-order valence-corrected chi connectivity index (χ4v) is 1.17. The van der Waals surface area contributed by atoms with Crippen molar-refractivity contribution in [1.82, 2.24) is 4.31 Å². The van der Waals surface area contributed by atoms with Crippen molar-refractivity contribution in [2.45, 2.75) is 13.3 Å². The van der Waals surface area contributed by atoms with Gasteiger partial charge in [0.2, 0.25) is 0 Å². The Kier molecular flexibility index (Phi) is 2.00. The number of rotatable bonds is 3. The van der Waals surface area contributed by atoms with Gasteiger partial charge in [0.1, 0.15) is 0 Å². The van der Waals surface area contributed by atoms with E-state index >= 15 is 0 Å². The summed E-state index contributed by atoms with van der Waals surface area (Å²) in [5.41, 5.74) is 0. The Balaban J connectivity index is 1.80. The first-order valence-corrected chi connectivity index (χ1v) is 3.75. The average molecular weight is 117 g/mol. The molecule has 2 heteroatoms. The molecule has 42 valence electrons. The predicted octanol–water partition coefficient (Wildman–Crippen LogP) is 1.36. The molecule has 1 aliphatic rings. The molecule has 1 rings (SSSR count). The average Bonchev–Trinajstić information content (AvgIpc) is 2.42. The van der Waals surface area contributed by atoms with Gasteiger partial charge in [-0.05, 0) is 6.42 Å². The third-order valence-corrected chi connectivity index (χ3v) is 2.21. The Bertz CT molecular complexity index is 52.0. The van der Waals surface area contributed by atoms with Crippen molar-refractivity contribution < 1.29 is 0 Å². The minimum atomic E-state index is 1.31. The van der Waals surface area contributed by atoms with Crippen LogP contribution in [0, 0.1) is 0 Å². The largest absolute Gasteiger partial charge is 0.248 e. The van der Waals surface area contributed by atoms with Crippen LogP contribution < -0.4 is 0 Å². The molecule has 0 unspecified atom stereocenters. The Morgan fingerprint density at radius 2 is 2.29 bits per heavy atom. The lowest BCUT2D eigenvalue weighted by Gasteiger charge is -1.92. The highest BCUT2D eigenvalue weighted by atomic mass is 32.2. The van der Waals surface area contributed by atoms with Gasteiger partial charge >= 0.3 is 0 Å². The maximum Gasteiger partial charge on any atom is 0.0227 e. The maximum absolute atomic E-state index is 2.38. The molecule has 0 N–H and O–H groups in total. The van der Waals surface area contributed by atoms with Gasteiger partial charge in [-0.3, -0.25) is 0 Å². The summed E-state index contributed by atoms with van der Waals surface area (Å²) in [4.78, 5) is 0. The summed E-state index contributed by atoms with van der Waals surface area (Å²) in [7, 11) is 0. The van der Waals surface area contributed by atoms with Crippen LogP contribution in [-0.2, 0) is 0 Å². The van der Waals surface area contributed by atoms with E-state index in [1.165, 1.54) is 25.3 Å². The second kappa shape index (κ2) is 2.58. The lowest BCUT2D eigenvalue weighted by Crippen LogP contribution is -1.81. The summed E-state index contributed by atoms with van der Waals surface area (Å²) in [6.07, 6.45) is 1.31. The lowest BCUT2D eigenvalue weighted by atomic mass is 10.6. The zero-order chi connectivity index (χ0) is 5.11. The van der Waals surface area contributed by atoms with Gasteiger partial charge in [0.25, 0.3) is 0 Å². The van der Waals surface area contributed by atoms with Crippen LogP contribution in [-0.4, -0.2) is 23.1 Å². The topological polar surface area (TPSA) is 3.01 Å². The highest BCUT2D eigenvalue weighted by Gasteiger charge is 2.15. The minimum Gasteiger partial charge on any atom is -0.248 e. The molecule has 0 radical (unpaired) electrons. The highest BCUT2D eigenvalue weighted by Crippen LogP contribution is 2.18. The fourth-order valence-electron chi connectivity index (χ4n) is 0.390. The standard InChI is InChI=1S/C5H11NS/c1-2-5-7-6-3-4-6/h2-5H2,1H3. The molecule has 1 fully saturated rings. The normalized spacial score (nSPS) is 20.1. The molecule has 0 amide bonds. The van der Waals surface area contributed by atoms with Crippen molar-refractivity contribution in [3.63, 3.8) is 0 Å². The number of nitrogens with zero attached hydrogens (tertiary/aromatic N) is 1. The van der Waals surface area contributed by atoms with Gasteiger partial charge in [0, 0.05) is 18.8 Å². The molecule has 0 aliphatic carbocycles. The van der Waals surface area contributed by atoms with Crippen molar-refractivity contribution in [2.24, 2.45) is 0 Å². The van der Waals surface area contributed by atoms with E-state index in [4.69, 9.17) is 0 Å². The summed E-state index contributed by atoms with van der Waals surface area (Å²) in [6, 6.07) is 0.